The van der Waals surface area contributed by atoms with Crippen molar-refractivity contribution in [1.82, 2.24) is 15.5 Å². The molecule has 2 unspecified atom stereocenters. The Hall–Kier alpha value is -3.30. The third kappa shape index (κ3) is 6.09. The fraction of sp³-hybridized carbons (Fsp3) is 0.370. The number of amides is 3. The first-order valence-electron chi connectivity index (χ1n) is 11.7. The lowest BCUT2D eigenvalue weighted by Gasteiger charge is -2.33. The number of nitrogens with one attached hydrogen (secondary N) is 2. The summed E-state index contributed by atoms with van der Waals surface area (Å²) < 4.78 is -0.572. The molecule has 1 fully saturated rings. The molecule has 9 heteroatoms. The molecule has 0 bridgehead atoms. The third-order valence-corrected chi connectivity index (χ3v) is 7.67. The van der Waals surface area contributed by atoms with E-state index in [1.54, 1.807) is 25.1 Å². The fourth-order valence-electron chi connectivity index (χ4n) is 4.25. The second-order valence-corrected chi connectivity index (χ2v) is 10.9. The van der Waals surface area contributed by atoms with Crippen LogP contribution in [0.3, 0.4) is 0 Å². The summed E-state index contributed by atoms with van der Waals surface area (Å²) in [4.78, 5) is 41.0. The predicted molar refractivity (Wildman–Crippen MR) is 141 cm³/mol. The van der Waals surface area contributed by atoms with Gasteiger partial charge in [-0.2, -0.15) is 0 Å². The van der Waals surface area contributed by atoms with Crippen LogP contribution in [0, 0.1) is 6.92 Å². The summed E-state index contributed by atoms with van der Waals surface area (Å²) in [6, 6.07) is 12.0. The number of hydrogen-bond acceptors (Lipinski definition) is 6. The molecular weight excluding hydrogens is 478 g/mol. The van der Waals surface area contributed by atoms with Crippen LogP contribution in [0.25, 0.3) is 0 Å². The summed E-state index contributed by atoms with van der Waals surface area (Å²) in [7, 11) is 0. The van der Waals surface area contributed by atoms with Gasteiger partial charge in [0.2, 0.25) is 5.91 Å². The summed E-state index contributed by atoms with van der Waals surface area (Å²) in [6.07, 6.45) is 0.147. The van der Waals surface area contributed by atoms with E-state index in [2.05, 4.69) is 17.2 Å². The number of rotatable bonds is 9. The van der Waals surface area contributed by atoms with Crippen molar-refractivity contribution >= 4 is 29.5 Å². The van der Waals surface area contributed by atoms with E-state index in [0.717, 1.165) is 5.56 Å². The Morgan fingerprint density at radius 3 is 2.56 bits per heavy atom. The molecule has 0 saturated carbocycles. The molecule has 0 spiro atoms. The van der Waals surface area contributed by atoms with Gasteiger partial charge in [0, 0.05) is 22.4 Å². The van der Waals surface area contributed by atoms with Crippen LogP contribution in [-0.2, 0) is 16.0 Å². The summed E-state index contributed by atoms with van der Waals surface area (Å²) in [5.74, 6) is -1.28. The van der Waals surface area contributed by atoms with Gasteiger partial charge in [-0.1, -0.05) is 42.5 Å². The SMILES string of the molecule is C=CCNC(=O)C1N(C(=O)[C@@H](O)C(Cc2ccccc2)NC(=O)c2cccc(O)c2C)CSC1(C)C. The van der Waals surface area contributed by atoms with Gasteiger partial charge in [0.15, 0.2) is 6.10 Å². The summed E-state index contributed by atoms with van der Waals surface area (Å²) in [5.41, 5.74) is 1.46. The van der Waals surface area contributed by atoms with E-state index < -0.39 is 34.7 Å². The van der Waals surface area contributed by atoms with Gasteiger partial charge in [0.1, 0.15) is 11.8 Å². The van der Waals surface area contributed by atoms with Crippen LogP contribution in [0.1, 0.15) is 35.3 Å². The standard InChI is InChI=1S/C27H33N3O5S/c1-5-14-28-25(34)23-27(3,4)36-16-30(23)26(35)22(32)20(15-18-10-7-6-8-11-18)29-24(33)19-12-9-13-21(31)17(19)2/h5-13,20,22-23,31-32H,1,14-16H2,2-4H3,(H,28,34)(H,29,33)/t20?,22-,23?/m0/s1. The van der Waals surface area contributed by atoms with Crippen LogP contribution in [-0.4, -0.2) is 68.2 Å². The Morgan fingerprint density at radius 2 is 1.89 bits per heavy atom. The van der Waals surface area contributed by atoms with Crippen LogP contribution in [0.5, 0.6) is 5.75 Å². The quantitative estimate of drug-likeness (QED) is 0.384. The summed E-state index contributed by atoms with van der Waals surface area (Å²) >= 11 is 1.45. The number of carbonyl (C=O) groups is 3. The number of nitrogens with zero attached hydrogens (tertiary/aromatic N) is 1. The molecule has 4 N–H and O–H groups in total. The highest BCUT2D eigenvalue weighted by Crippen LogP contribution is 2.39. The second-order valence-electron chi connectivity index (χ2n) is 9.29. The van der Waals surface area contributed by atoms with Crippen molar-refractivity contribution in [3.05, 3.63) is 77.9 Å². The molecule has 1 heterocycles. The zero-order chi connectivity index (χ0) is 26.5. The second kappa shape index (κ2) is 11.6. The molecule has 1 aliphatic heterocycles. The molecule has 8 nitrogen and oxygen atoms in total. The molecule has 36 heavy (non-hydrogen) atoms. The van der Waals surface area contributed by atoms with Gasteiger partial charge in [-0.3, -0.25) is 14.4 Å². The van der Waals surface area contributed by atoms with E-state index >= 15 is 0 Å². The predicted octanol–water partition coefficient (Wildman–Crippen LogP) is 2.38. The zero-order valence-corrected chi connectivity index (χ0v) is 21.5. The number of aliphatic hydroxyl groups excluding tert-OH is 1. The van der Waals surface area contributed by atoms with Crippen molar-refractivity contribution in [1.29, 1.82) is 0 Å². The molecule has 2 aromatic carbocycles. The Morgan fingerprint density at radius 1 is 1.19 bits per heavy atom. The molecule has 1 aliphatic rings. The van der Waals surface area contributed by atoms with Crippen LogP contribution in [0.4, 0.5) is 0 Å². The number of hydrogen-bond donors (Lipinski definition) is 4. The van der Waals surface area contributed by atoms with Gasteiger partial charge in [0.05, 0.1) is 11.9 Å². The average molecular weight is 512 g/mol. The van der Waals surface area contributed by atoms with E-state index in [4.69, 9.17) is 0 Å². The maximum atomic E-state index is 13.6. The third-order valence-electron chi connectivity index (χ3n) is 6.30. The first-order chi connectivity index (χ1) is 17.1. The Bertz CT molecular complexity index is 1120. The molecule has 2 aromatic rings. The Labute approximate surface area is 215 Å². The number of aliphatic hydroxyl groups is 1. The van der Waals surface area contributed by atoms with Gasteiger partial charge < -0.3 is 25.7 Å². The molecule has 3 atom stereocenters. The van der Waals surface area contributed by atoms with Crippen molar-refractivity contribution in [3.63, 3.8) is 0 Å². The molecule has 0 aliphatic carbocycles. The van der Waals surface area contributed by atoms with Crippen molar-refractivity contribution in [2.75, 3.05) is 12.4 Å². The number of aromatic hydroxyl groups is 1. The van der Waals surface area contributed by atoms with E-state index in [1.165, 1.54) is 22.7 Å². The number of phenols is 1. The van der Waals surface area contributed by atoms with Gasteiger partial charge in [-0.05, 0) is 44.9 Å². The lowest BCUT2D eigenvalue weighted by molar-refractivity contribution is -0.147. The van der Waals surface area contributed by atoms with Crippen molar-refractivity contribution in [3.8, 4) is 5.75 Å². The number of phenolic OH excluding ortho intramolecular Hbond substituents is 1. The highest BCUT2D eigenvalue weighted by molar-refractivity contribution is 8.00. The van der Waals surface area contributed by atoms with E-state index in [-0.39, 0.29) is 36.1 Å². The van der Waals surface area contributed by atoms with E-state index in [1.807, 2.05) is 44.2 Å². The normalized spacial score (nSPS) is 18.2. The zero-order valence-electron chi connectivity index (χ0n) is 20.7. The fourth-order valence-corrected chi connectivity index (χ4v) is 5.39. The smallest absolute Gasteiger partial charge is 0.254 e. The van der Waals surface area contributed by atoms with Crippen LogP contribution in [0.15, 0.2) is 61.2 Å². The first kappa shape index (κ1) is 27.3. The number of carbonyl (C=O) groups excluding carboxylic acids is 3. The minimum absolute atomic E-state index is 0.0245. The minimum Gasteiger partial charge on any atom is -0.508 e. The lowest BCUT2D eigenvalue weighted by Crippen LogP contribution is -2.58. The largest absolute Gasteiger partial charge is 0.508 e. The lowest BCUT2D eigenvalue weighted by atomic mass is 9.96. The van der Waals surface area contributed by atoms with Gasteiger partial charge in [0.25, 0.3) is 11.8 Å². The molecular formula is C27H33N3O5S. The van der Waals surface area contributed by atoms with Gasteiger partial charge in [-0.15, -0.1) is 18.3 Å². The first-order valence-corrected chi connectivity index (χ1v) is 12.7. The highest BCUT2D eigenvalue weighted by Gasteiger charge is 2.49. The molecule has 3 amide bonds. The summed E-state index contributed by atoms with van der Waals surface area (Å²) in [5, 5.41) is 26.8. The average Bonchev–Trinajstić information content (AvgIpc) is 3.18. The monoisotopic (exact) mass is 511 g/mol. The van der Waals surface area contributed by atoms with Crippen LogP contribution in [0.2, 0.25) is 0 Å². The maximum absolute atomic E-state index is 13.6. The Kier molecular flexibility index (Phi) is 8.81. The van der Waals surface area contributed by atoms with Gasteiger partial charge >= 0.3 is 0 Å². The van der Waals surface area contributed by atoms with Gasteiger partial charge in [-0.25, -0.2) is 0 Å². The minimum atomic E-state index is -1.60. The van der Waals surface area contributed by atoms with Crippen LogP contribution >= 0.6 is 11.8 Å². The maximum Gasteiger partial charge on any atom is 0.254 e. The topological polar surface area (TPSA) is 119 Å². The van der Waals surface area contributed by atoms with Crippen molar-refractivity contribution in [2.24, 2.45) is 0 Å². The number of benzene rings is 2. The highest BCUT2D eigenvalue weighted by atomic mass is 32.2. The van der Waals surface area contributed by atoms with Crippen molar-refractivity contribution in [2.45, 2.75) is 50.1 Å². The van der Waals surface area contributed by atoms with E-state index in [0.29, 0.717) is 5.56 Å². The molecule has 1 saturated heterocycles. The number of thioether (sulfide) groups is 1. The molecule has 3 rings (SSSR count). The van der Waals surface area contributed by atoms with Crippen LogP contribution < -0.4 is 10.6 Å². The van der Waals surface area contributed by atoms with E-state index in [9.17, 15) is 24.6 Å². The Balaban J connectivity index is 1.88. The molecule has 192 valence electrons. The molecule has 0 aromatic heterocycles. The van der Waals surface area contributed by atoms with Crippen molar-refractivity contribution < 1.29 is 24.6 Å². The summed E-state index contributed by atoms with van der Waals surface area (Å²) in [6.45, 7) is 9.25. The molecule has 0 radical (unpaired) electrons.